The highest BCUT2D eigenvalue weighted by Gasteiger charge is 2.57. The average molecular weight is 330 g/mol. The molecule has 0 radical (unpaired) electrons. The first-order valence-corrected chi connectivity index (χ1v) is 8.74. The van der Waals surface area contributed by atoms with Crippen molar-refractivity contribution in [2.75, 3.05) is 26.8 Å². The fourth-order valence-electron chi connectivity index (χ4n) is 3.60. The zero-order chi connectivity index (χ0) is 17.0. The monoisotopic (exact) mass is 330 g/mol. The smallest absolute Gasteiger partial charge is 0.224 e. The van der Waals surface area contributed by atoms with Gasteiger partial charge in [0.2, 0.25) is 11.8 Å². The van der Waals surface area contributed by atoms with Crippen LogP contribution in [-0.4, -0.2) is 43.5 Å². The Hall–Kier alpha value is -1.88. The fraction of sp³-hybridized carbons (Fsp3) is 0.579. The molecule has 24 heavy (non-hydrogen) atoms. The molecule has 1 N–H and O–H groups in total. The molecule has 5 heteroatoms. The summed E-state index contributed by atoms with van der Waals surface area (Å²) >= 11 is 0. The van der Waals surface area contributed by atoms with Gasteiger partial charge in [0.1, 0.15) is 0 Å². The van der Waals surface area contributed by atoms with E-state index in [4.69, 9.17) is 4.74 Å². The fourth-order valence-corrected chi connectivity index (χ4v) is 3.60. The standard InChI is InChI=1S/C19H26N2O3/c1-21(14-15-5-3-2-4-6-15)17(22)7-10-20-18(23)16-13-19(16)8-11-24-12-9-19/h2-6,16H,7-14H2,1H3,(H,20,23)/t16-/m1/s1. The van der Waals surface area contributed by atoms with Gasteiger partial charge in [0.25, 0.3) is 0 Å². The summed E-state index contributed by atoms with van der Waals surface area (Å²) in [7, 11) is 1.80. The highest BCUT2D eigenvalue weighted by molar-refractivity contribution is 5.83. The number of carbonyl (C=O) groups is 2. The van der Waals surface area contributed by atoms with E-state index in [-0.39, 0.29) is 23.1 Å². The molecular weight excluding hydrogens is 304 g/mol. The van der Waals surface area contributed by atoms with E-state index >= 15 is 0 Å². The summed E-state index contributed by atoms with van der Waals surface area (Å²) in [6.45, 7) is 2.55. The van der Waals surface area contributed by atoms with Crippen molar-refractivity contribution in [3.05, 3.63) is 35.9 Å². The Balaban J connectivity index is 1.37. The predicted octanol–water partition coefficient (Wildman–Crippen LogP) is 1.97. The molecule has 1 aliphatic carbocycles. The van der Waals surface area contributed by atoms with Gasteiger partial charge < -0.3 is 15.0 Å². The van der Waals surface area contributed by atoms with Crippen molar-refractivity contribution in [1.29, 1.82) is 0 Å². The van der Waals surface area contributed by atoms with Gasteiger partial charge in [0.15, 0.2) is 0 Å². The van der Waals surface area contributed by atoms with E-state index < -0.39 is 0 Å². The molecule has 1 saturated carbocycles. The first kappa shape index (κ1) is 17.0. The maximum atomic E-state index is 12.2. The van der Waals surface area contributed by atoms with E-state index in [0.29, 0.717) is 19.5 Å². The van der Waals surface area contributed by atoms with E-state index in [9.17, 15) is 9.59 Å². The molecule has 0 aromatic heterocycles. The third-order valence-corrected chi connectivity index (χ3v) is 5.32. The Kier molecular flexibility index (Phi) is 5.19. The van der Waals surface area contributed by atoms with Crippen molar-refractivity contribution in [3.8, 4) is 0 Å². The number of nitrogens with zero attached hydrogens (tertiary/aromatic N) is 1. The van der Waals surface area contributed by atoms with Crippen LogP contribution in [0.5, 0.6) is 0 Å². The number of benzene rings is 1. The van der Waals surface area contributed by atoms with Crippen LogP contribution >= 0.6 is 0 Å². The molecule has 1 spiro atoms. The van der Waals surface area contributed by atoms with Crippen molar-refractivity contribution in [1.82, 2.24) is 10.2 Å². The second kappa shape index (κ2) is 7.34. The van der Waals surface area contributed by atoms with Gasteiger partial charge in [-0.25, -0.2) is 0 Å². The molecule has 1 atom stereocenters. The van der Waals surface area contributed by atoms with Crippen LogP contribution in [-0.2, 0) is 20.9 Å². The minimum atomic E-state index is 0.0516. The number of carbonyl (C=O) groups excluding carboxylic acids is 2. The van der Waals surface area contributed by atoms with Gasteiger partial charge >= 0.3 is 0 Å². The largest absolute Gasteiger partial charge is 0.381 e. The quantitative estimate of drug-likeness (QED) is 0.867. The van der Waals surface area contributed by atoms with E-state index in [1.54, 1.807) is 11.9 Å². The van der Waals surface area contributed by atoms with Gasteiger partial charge in [-0.2, -0.15) is 0 Å². The third-order valence-electron chi connectivity index (χ3n) is 5.32. The molecule has 1 aromatic carbocycles. The van der Waals surface area contributed by atoms with Crippen LogP contribution in [0.3, 0.4) is 0 Å². The van der Waals surface area contributed by atoms with Crippen LogP contribution < -0.4 is 5.32 Å². The Morgan fingerprint density at radius 1 is 1.25 bits per heavy atom. The molecular formula is C19H26N2O3. The Morgan fingerprint density at radius 3 is 2.67 bits per heavy atom. The van der Waals surface area contributed by atoms with Crippen LogP contribution in [0.2, 0.25) is 0 Å². The van der Waals surface area contributed by atoms with Crippen LogP contribution in [0.4, 0.5) is 0 Å². The minimum Gasteiger partial charge on any atom is -0.381 e. The summed E-state index contributed by atoms with van der Waals surface area (Å²) in [6.07, 6.45) is 3.30. The van der Waals surface area contributed by atoms with Gasteiger partial charge in [-0.15, -0.1) is 0 Å². The Labute approximate surface area is 143 Å². The summed E-state index contributed by atoms with van der Waals surface area (Å²) in [5, 5.41) is 2.94. The van der Waals surface area contributed by atoms with Crippen LogP contribution in [0.15, 0.2) is 30.3 Å². The maximum Gasteiger partial charge on any atom is 0.224 e. The number of hydrogen-bond donors (Lipinski definition) is 1. The molecule has 2 fully saturated rings. The molecule has 1 aliphatic heterocycles. The van der Waals surface area contributed by atoms with E-state index in [2.05, 4.69) is 5.32 Å². The van der Waals surface area contributed by atoms with E-state index in [1.165, 1.54) is 0 Å². The van der Waals surface area contributed by atoms with Gasteiger partial charge in [-0.1, -0.05) is 30.3 Å². The summed E-state index contributed by atoms with van der Waals surface area (Å²) in [4.78, 5) is 26.1. The lowest BCUT2D eigenvalue weighted by molar-refractivity contribution is -0.130. The predicted molar refractivity (Wildman–Crippen MR) is 91.1 cm³/mol. The zero-order valence-electron chi connectivity index (χ0n) is 14.3. The average Bonchev–Trinajstić information content (AvgIpc) is 3.29. The Morgan fingerprint density at radius 2 is 1.96 bits per heavy atom. The summed E-state index contributed by atoms with van der Waals surface area (Å²) in [5.74, 6) is 0.282. The lowest BCUT2D eigenvalue weighted by Crippen LogP contribution is -2.34. The lowest BCUT2D eigenvalue weighted by Gasteiger charge is -2.22. The maximum absolute atomic E-state index is 12.2. The third kappa shape index (κ3) is 3.96. The molecule has 2 amide bonds. The summed E-state index contributed by atoms with van der Waals surface area (Å²) in [6, 6.07) is 9.91. The molecule has 2 aliphatic rings. The second-order valence-corrected chi connectivity index (χ2v) is 7.01. The highest BCUT2D eigenvalue weighted by Crippen LogP contribution is 2.59. The van der Waals surface area contributed by atoms with E-state index in [0.717, 1.165) is 38.0 Å². The SMILES string of the molecule is CN(Cc1ccccc1)C(=O)CCNC(=O)[C@H]1CC12CCOCC2. The molecule has 3 rings (SSSR count). The number of nitrogens with one attached hydrogen (secondary N) is 1. The molecule has 0 unspecified atom stereocenters. The van der Waals surface area contributed by atoms with Gasteiger partial charge in [0, 0.05) is 45.7 Å². The number of hydrogen-bond acceptors (Lipinski definition) is 3. The lowest BCUT2D eigenvalue weighted by atomic mass is 9.93. The van der Waals surface area contributed by atoms with Gasteiger partial charge in [0.05, 0.1) is 0 Å². The van der Waals surface area contributed by atoms with Gasteiger partial charge in [-0.05, 0) is 30.2 Å². The summed E-state index contributed by atoms with van der Waals surface area (Å²) in [5.41, 5.74) is 1.30. The second-order valence-electron chi connectivity index (χ2n) is 7.01. The van der Waals surface area contributed by atoms with Crippen molar-refractivity contribution in [3.63, 3.8) is 0 Å². The minimum absolute atomic E-state index is 0.0516. The highest BCUT2D eigenvalue weighted by atomic mass is 16.5. The Bertz CT molecular complexity index is 582. The van der Waals surface area contributed by atoms with Crippen molar-refractivity contribution in [2.45, 2.75) is 32.2 Å². The first-order chi connectivity index (χ1) is 11.6. The zero-order valence-corrected chi connectivity index (χ0v) is 14.3. The molecule has 130 valence electrons. The van der Waals surface area contributed by atoms with Crippen molar-refractivity contribution in [2.24, 2.45) is 11.3 Å². The summed E-state index contributed by atoms with van der Waals surface area (Å²) < 4.78 is 5.38. The number of rotatable bonds is 6. The number of amides is 2. The molecule has 0 bridgehead atoms. The van der Waals surface area contributed by atoms with Crippen molar-refractivity contribution < 1.29 is 14.3 Å². The first-order valence-electron chi connectivity index (χ1n) is 8.74. The van der Waals surface area contributed by atoms with Crippen LogP contribution in [0.1, 0.15) is 31.2 Å². The van der Waals surface area contributed by atoms with Crippen molar-refractivity contribution >= 4 is 11.8 Å². The van der Waals surface area contributed by atoms with Crippen LogP contribution in [0, 0.1) is 11.3 Å². The topological polar surface area (TPSA) is 58.6 Å². The van der Waals surface area contributed by atoms with E-state index in [1.807, 2.05) is 30.3 Å². The van der Waals surface area contributed by atoms with Gasteiger partial charge in [-0.3, -0.25) is 9.59 Å². The molecule has 1 saturated heterocycles. The molecule has 1 aromatic rings. The van der Waals surface area contributed by atoms with Crippen LogP contribution in [0.25, 0.3) is 0 Å². The molecule has 1 heterocycles. The molecule has 5 nitrogen and oxygen atoms in total. The number of ether oxygens (including phenoxy) is 1. The normalized spacial score (nSPS) is 21.3.